The summed E-state index contributed by atoms with van der Waals surface area (Å²) in [6, 6.07) is 10.3. The number of hydrogen-bond donors (Lipinski definition) is 1. The van der Waals surface area contributed by atoms with Gasteiger partial charge in [-0.15, -0.1) is 27.8 Å². The lowest BCUT2D eigenvalue weighted by Gasteiger charge is -2.08. The first-order valence-corrected chi connectivity index (χ1v) is 11.0. The molecule has 0 radical (unpaired) electrons. The molecular weight excluding hydrogens is 404 g/mol. The van der Waals surface area contributed by atoms with Gasteiger partial charge >= 0.3 is 0 Å². The van der Waals surface area contributed by atoms with Crippen molar-refractivity contribution >= 4 is 38.4 Å². The average molecular weight is 419 g/mol. The Morgan fingerprint density at radius 3 is 2.70 bits per heavy atom. The molecule has 11 heteroatoms. The minimum absolute atomic E-state index is 0.229. The number of benzene rings is 1. The molecule has 8 nitrogen and oxygen atoms in total. The van der Waals surface area contributed by atoms with Crippen LogP contribution in [0.1, 0.15) is 10.8 Å². The first kappa shape index (κ1) is 17.8. The third-order valence-electron chi connectivity index (χ3n) is 3.69. The highest BCUT2D eigenvalue weighted by atomic mass is 32.2. The maximum atomic E-state index is 12.8. The molecule has 1 N–H and O–H groups in total. The second-order valence-electron chi connectivity index (χ2n) is 5.66. The highest BCUT2D eigenvalue weighted by Gasteiger charge is 2.19. The number of rotatable bonds is 5. The quantitative estimate of drug-likeness (QED) is 0.534. The van der Waals surface area contributed by atoms with E-state index in [9.17, 15) is 8.42 Å². The van der Waals surface area contributed by atoms with Gasteiger partial charge in [-0.05, 0) is 54.6 Å². The molecule has 4 rings (SSSR count). The molecule has 138 valence electrons. The Labute approximate surface area is 163 Å². The molecule has 0 saturated heterocycles. The van der Waals surface area contributed by atoms with E-state index in [1.165, 1.54) is 27.4 Å². The van der Waals surface area contributed by atoms with E-state index in [0.717, 1.165) is 15.6 Å². The van der Waals surface area contributed by atoms with E-state index < -0.39 is 10.0 Å². The molecule has 0 aliphatic rings. The Balaban J connectivity index is 1.61. The Morgan fingerprint density at radius 2 is 2.00 bits per heavy atom. The SMILES string of the molecule is Cc1nc(-c2ccc(S(=O)(=O)Nc3cccc(-n4nnnc4C)c3)s2)cs1. The van der Waals surface area contributed by atoms with Crippen molar-refractivity contribution in [3.63, 3.8) is 0 Å². The Morgan fingerprint density at radius 1 is 1.15 bits per heavy atom. The standard InChI is InChI=1S/C16H14N6O2S3/c1-10-18-20-21-22(10)13-5-3-4-12(8-13)19-27(23,24)16-7-6-15(26-16)14-9-25-11(2)17-14/h3-9,19H,1-2H3. The lowest BCUT2D eigenvalue weighted by atomic mass is 10.3. The summed E-state index contributed by atoms with van der Waals surface area (Å²) in [6.45, 7) is 3.69. The van der Waals surface area contributed by atoms with Crippen LogP contribution in [0.5, 0.6) is 0 Å². The van der Waals surface area contributed by atoms with Crippen molar-refractivity contribution in [2.45, 2.75) is 18.1 Å². The summed E-state index contributed by atoms with van der Waals surface area (Å²) in [6.07, 6.45) is 0. The van der Waals surface area contributed by atoms with Crippen LogP contribution in [-0.4, -0.2) is 33.6 Å². The van der Waals surface area contributed by atoms with Crippen LogP contribution < -0.4 is 4.72 Å². The molecule has 3 aromatic heterocycles. The van der Waals surface area contributed by atoms with E-state index >= 15 is 0 Å². The number of sulfonamides is 1. The summed E-state index contributed by atoms with van der Waals surface area (Å²) in [4.78, 5) is 5.22. The second-order valence-corrected chi connectivity index (χ2v) is 9.72. The van der Waals surface area contributed by atoms with Gasteiger partial charge in [-0.25, -0.2) is 13.4 Å². The highest BCUT2D eigenvalue weighted by Crippen LogP contribution is 2.32. The molecule has 4 aromatic rings. The minimum atomic E-state index is -3.71. The predicted octanol–water partition coefficient (Wildman–Crippen LogP) is 3.26. The smallest absolute Gasteiger partial charge is 0.271 e. The fourth-order valence-corrected chi connectivity index (χ4v) is 5.46. The normalized spacial score (nSPS) is 11.6. The number of nitrogens with one attached hydrogen (secondary N) is 1. The molecule has 0 saturated carbocycles. The Kier molecular flexibility index (Phi) is 4.50. The van der Waals surface area contributed by atoms with Crippen molar-refractivity contribution in [1.82, 2.24) is 25.2 Å². The average Bonchev–Trinajstić information content (AvgIpc) is 3.35. The van der Waals surface area contributed by atoms with Gasteiger partial charge in [0.15, 0.2) is 5.82 Å². The number of thiophene rings is 1. The largest absolute Gasteiger partial charge is 0.279 e. The van der Waals surface area contributed by atoms with Crippen LogP contribution in [0.15, 0.2) is 46.0 Å². The van der Waals surface area contributed by atoms with Gasteiger partial charge < -0.3 is 0 Å². The van der Waals surface area contributed by atoms with Crippen LogP contribution in [0.4, 0.5) is 5.69 Å². The van der Waals surface area contributed by atoms with Crippen LogP contribution in [0.2, 0.25) is 0 Å². The van der Waals surface area contributed by atoms with Crippen molar-refractivity contribution in [2.75, 3.05) is 4.72 Å². The highest BCUT2D eigenvalue weighted by molar-refractivity contribution is 7.94. The zero-order chi connectivity index (χ0) is 19.0. The van der Waals surface area contributed by atoms with Crippen molar-refractivity contribution in [2.24, 2.45) is 0 Å². The third-order valence-corrected chi connectivity index (χ3v) is 7.44. The van der Waals surface area contributed by atoms with Gasteiger partial charge in [0.1, 0.15) is 4.21 Å². The monoisotopic (exact) mass is 418 g/mol. The van der Waals surface area contributed by atoms with Gasteiger partial charge in [0.2, 0.25) is 0 Å². The molecule has 0 spiro atoms. The number of thiazole rings is 1. The third kappa shape index (κ3) is 3.61. The summed E-state index contributed by atoms with van der Waals surface area (Å²) in [5.41, 5.74) is 1.89. The number of aryl methyl sites for hydroxylation is 2. The molecule has 0 fully saturated rings. The topological polar surface area (TPSA) is 103 Å². The number of hydrogen-bond acceptors (Lipinski definition) is 8. The summed E-state index contributed by atoms with van der Waals surface area (Å²) < 4.78 is 29.9. The van der Waals surface area contributed by atoms with E-state index in [0.29, 0.717) is 17.2 Å². The predicted molar refractivity (Wildman–Crippen MR) is 105 cm³/mol. The van der Waals surface area contributed by atoms with E-state index in [-0.39, 0.29) is 4.21 Å². The van der Waals surface area contributed by atoms with Gasteiger partial charge in [0, 0.05) is 5.38 Å². The lowest BCUT2D eigenvalue weighted by Crippen LogP contribution is -2.12. The number of tetrazole rings is 1. The molecule has 0 aliphatic heterocycles. The molecule has 0 atom stereocenters. The van der Waals surface area contributed by atoms with Crippen molar-refractivity contribution < 1.29 is 8.42 Å². The Hall–Kier alpha value is -2.63. The van der Waals surface area contributed by atoms with Gasteiger partial charge in [0.25, 0.3) is 10.0 Å². The minimum Gasteiger partial charge on any atom is -0.279 e. The molecule has 1 aromatic carbocycles. The molecule has 0 amide bonds. The molecule has 3 heterocycles. The van der Waals surface area contributed by atoms with Gasteiger partial charge in [-0.3, -0.25) is 4.72 Å². The number of anilines is 1. The molecule has 0 aliphatic carbocycles. The second kappa shape index (κ2) is 6.83. The van der Waals surface area contributed by atoms with Gasteiger partial charge in [-0.1, -0.05) is 6.07 Å². The molecule has 0 unspecified atom stereocenters. The lowest BCUT2D eigenvalue weighted by molar-refractivity contribution is 0.603. The number of aromatic nitrogens is 5. The van der Waals surface area contributed by atoms with E-state index in [1.807, 2.05) is 12.3 Å². The first-order chi connectivity index (χ1) is 12.9. The van der Waals surface area contributed by atoms with E-state index in [4.69, 9.17) is 0 Å². The summed E-state index contributed by atoms with van der Waals surface area (Å²) in [7, 11) is -3.71. The van der Waals surface area contributed by atoms with Crippen LogP contribution in [0, 0.1) is 13.8 Å². The van der Waals surface area contributed by atoms with Crippen molar-refractivity contribution in [3.05, 3.63) is 52.6 Å². The van der Waals surface area contributed by atoms with Gasteiger partial charge in [0.05, 0.1) is 27.0 Å². The van der Waals surface area contributed by atoms with Crippen LogP contribution in [0.25, 0.3) is 16.3 Å². The molecule has 0 bridgehead atoms. The first-order valence-electron chi connectivity index (χ1n) is 7.83. The summed E-state index contributed by atoms with van der Waals surface area (Å²) in [5.74, 6) is 0.608. The zero-order valence-corrected chi connectivity index (χ0v) is 16.8. The van der Waals surface area contributed by atoms with Crippen molar-refractivity contribution in [1.29, 1.82) is 0 Å². The van der Waals surface area contributed by atoms with Crippen LogP contribution >= 0.6 is 22.7 Å². The van der Waals surface area contributed by atoms with Crippen molar-refractivity contribution in [3.8, 4) is 16.3 Å². The summed E-state index contributed by atoms with van der Waals surface area (Å²) >= 11 is 2.72. The van der Waals surface area contributed by atoms with E-state index in [1.54, 1.807) is 43.3 Å². The van der Waals surface area contributed by atoms with Crippen LogP contribution in [0.3, 0.4) is 0 Å². The van der Waals surface area contributed by atoms with Gasteiger partial charge in [-0.2, -0.15) is 4.68 Å². The molecule has 27 heavy (non-hydrogen) atoms. The maximum Gasteiger partial charge on any atom is 0.271 e. The maximum absolute atomic E-state index is 12.8. The fourth-order valence-electron chi connectivity index (χ4n) is 2.46. The van der Waals surface area contributed by atoms with Crippen LogP contribution in [-0.2, 0) is 10.0 Å². The van der Waals surface area contributed by atoms with E-state index in [2.05, 4.69) is 25.2 Å². The summed E-state index contributed by atoms with van der Waals surface area (Å²) in [5, 5.41) is 14.2. The molecular formula is C16H14N6O2S3. The fraction of sp³-hybridized carbons (Fsp3) is 0.125. The Bertz CT molecular complexity index is 1210. The zero-order valence-electron chi connectivity index (χ0n) is 14.3. The number of nitrogens with zero attached hydrogens (tertiary/aromatic N) is 5.